The number of halogens is 1. The summed E-state index contributed by atoms with van der Waals surface area (Å²) in [6, 6.07) is 1.18. The fraction of sp³-hybridized carbons (Fsp3) is 0.286. The molecule has 1 aromatic carbocycles. The summed E-state index contributed by atoms with van der Waals surface area (Å²) in [4.78, 5) is 48.1. The van der Waals surface area contributed by atoms with E-state index < -0.39 is 35.5 Å². The first-order valence-electron chi connectivity index (χ1n) is 6.65. The first kappa shape index (κ1) is 14.2. The Bertz CT molecular complexity index is 731. The molecule has 3 rings (SSSR count). The van der Waals surface area contributed by atoms with Gasteiger partial charge in [-0.25, -0.2) is 4.39 Å². The Labute approximate surface area is 124 Å². The van der Waals surface area contributed by atoms with Gasteiger partial charge in [0.25, 0.3) is 5.91 Å². The van der Waals surface area contributed by atoms with Gasteiger partial charge in [0, 0.05) is 24.1 Å². The van der Waals surface area contributed by atoms with E-state index in [1.807, 2.05) is 0 Å². The molecule has 4 amide bonds. The molecule has 1 saturated heterocycles. The average Bonchev–Trinajstić information content (AvgIpc) is 2.75. The van der Waals surface area contributed by atoms with Gasteiger partial charge in [-0.05, 0) is 24.1 Å². The molecule has 114 valence electrons. The first-order valence-corrected chi connectivity index (χ1v) is 6.65. The first-order chi connectivity index (χ1) is 10.4. The number of hydrogen-bond donors (Lipinski definition) is 2. The number of nitrogens with one attached hydrogen (secondary N) is 1. The van der Waals surface area contributed by atoms with Gasteiger partial charge in [0.05, 0.1) is 0 Å². The molecule has 7 nitrogen and oxygen atoms in total. The molecular weight excluding hydrogens is 293 g/mol. The molecule has 2 aliphatic rings. The lowest BCUT2D eigenvalue weighted by molar-refractivity contribution is -0.136. The van der Waals surface area contributed by atoms with Crippen LogP contribution in [0, 0.1) is 5.82 Å². The maximum atomic E-state index is 13.6. The van der Waals surface area contributed by atoms with Crippen molar-refractivity contribution in [1.82, 2.24) is 10.2 Å². The lowest BCUT2D eigenvalue weighted by Crippen LogP contribution is -2.52. The monoisotopic (exact) mass is 305 g/mol. The highest BCUT2D eigenvalue weighted by atomic mass is 19.1. The Morgan fingerprint density at radius 1 is 1.32 bits per heavy atom. The second-order valence-electron chi connectivity index (χ2n) is 5.24. The SMILES string of the molecule is NC(=O)c1cc(F)cc2c1CN(C1CCC(=O)NC1=O)C2=O. The molecule has 1 fully saturated rings. The van der Waals surface area contributed by atoms with Crippen LogP contribution in [0.4, 0.5) is 4.39 Å². The van der Waals surface area contributed by atoms with Gasteiger partial charge >= 0.3 is 0 Å². The van der Waals surface area contributed by atoms with Crippen molar-refractivity contribution < 1.29 is 23.6 Å². The number of benzene rings is 1. The lowest BCUT2D eigenvalue weighted by atomic mass is 10.0. The molecule has 22 heavy (non-hydrogen) atoms. The summed E-state index contributed by atoms with van der Waals surface area (Å²) >= 11 is 0. The van der Waals surface area contributed by atoms with Crippen LogP contribution >= 0.6 is 0 Å². The number of primary amides is 1. The standard InChI is InChI=1S/C14H12FN3O4/c15-6-3-7(12(16)20)9-5-18(14(22)8(9)4-6)10-1-2-11(19)17-13(10)21/h3-4,10H,1-2,5H2,(H2,16,20)(H,17,19,21). The van der Waals surface area contributed by atoms with Gasteiger partial charge in [-0.3, -0.25) is 24.5 Å². The number of nitrogens with two attached hydrogens (primary N) is 1. The summed E-state index contributed by atoms with van der Waals surface area (Å²) in [5.74, 6) is -3.10. The molecule has 2 heterocycles. The molecule has 3 N–H and O–H groups in total. The zero-order chi connectivity index (χ0) is 16.0. The minimum Gasteiger partial charge on any atom is -0.366 e. The van der Waals surface area contributed by atoms with Crippen molar-refractivity contribution in [2.24, 2.45) is 5.73 Å². The van der Waals surface area contributed by atoms with Gasteiger partial charge in [0.2, 0.25) is 17.7 Å². The van der Waals surface area contributed by atoms with Crippen molar-refractivity contribution in [3.63, 3.8) is 0 Å². The van der Waals surface area contributed by atoms with Crippen LogP contribution in [0.5, 0.6) is 0 Å². The topological polar surface area (TPSA) is 110 Å². The summed E-state index contributed by atoms with van der Waals surface area (Å²) < 4.78 is 13.6. The van der Waals surface area contributed by atoms with Gasteiger partial charge in [-0.2, -0.15) is 0 Å². The van der Waals surface area contributed by atoms with E-state index in [0.717, 1.165) is 12.1 Å². The van der Waals surface area contributed by atoms with Gasteiger partial charge < -0.3 is 10.6 Å². The molecule has 1 atom stereocenters. The van der Waals surface area contributed by atoms with Gasteiger partial charge in [0.15, 0.2) is 0 Å². The third kappa shape index (κ3) is 2.12. The number of rotatable bonds is 2. The van der Waals surface area contributed by atoms with Crippen molar-refractivity contribution in [2.45, 2.75) is 25.4 Å². The number of fused-ring (bicyclic) bond motifs is 1. The number of carbonyl (C=O) groups excluding carboxylic acids is 4. The number of imide groups is 1. The second kappa shape index (κ2) is 4.90. The number of carbonyl (C=O) groups is 4. The largest absolute Gasteiger partial charge is 0.366 e. The molecule has 0 spiro atoms. The summed E-state index contributed by atoms with van der Waals surface area (Å²) in [7, 11) is 0. The molecule has 0 aromatic heterocycles. The summed E-state index contributed by atoms with van der Waals surface area (Å²) in [6.07, 6.45) is 0.312. The zero-order valence-electron chi connectivity index (χ0n) is 11.4. The minimum absolute atomic E-state index is 0.0149. The molecule has 2 aliphatic heterocycles. The van der Waals surface area contributed by atoms with Crippen LogP contribution in [0.1, 0.15) is 39.1 Å². The van der Waals surface area contributed by atoms with E-state index in [4.69, 9.17) is 5.73 Å². The Balaban J connectivity index is 1.98. The molecule has 1 aromatic rings. The molecule has 0 saturated carbocycles. The smallest absolute Gasteiger partial charge is 0.255 e. The average molecular weight is 305 g/mol. The molecule has 0 radical (unpaired) electrons. The predicted octanol–water partition coefficient (Wildman–Crippen LogP) is -0.314. The van der Waals surface area contributed by atoms with Crippen molar-refractivity contribution in [1.29, 1.82) is 0 Å². The highest BCUT2D eigenvalue weighted by Crippen LogP contribution is 2.30. The zero-order valence-corrected chi connectivity index (χ0v) is 11.4. The third-order valence-electron chi connectivity index (χ3n) is 3.89. The van der Waals surface area contributed by atoms with Crippen LogP contribution in [0.3, 0.4) is 0 Å². The maximum absolute atomic E-state index is 13.6. The summed E-state index contributed by atoms with van der Waals surface area (Å²) in [5.41, 5.74) is 5.48. The van der Waals surface area contributed by atoms with Crippen molar-refractivity contribution in [3.05, 3.63) is 34.6 Å². The van der Waals surface area contributed by atoms with Crippen LogP contribution in [0.2, 0.25) is 0 Å². The quantitative estimate of drug-likeness (QED) is 0.730. The molecule has 0 bridgehead atoms. The summed E-state index contributed by atoms with van der Waals surface area (Å²) in [5, 5.41) is 2.16. The van der Waals surface area contributed by atoms with Gasteiger partial charge in [-0.15, -0.1) is 0 Å². The minimum atomic E-state index is -0.839. The molecule has 1 unspecified atom stereocenters. The highest BCUT2D eigenvalue weighted by Gasteiger charge is 2.40. The fourth-order valence-corrected chi connectivity index (χ4v) is 2.85. The van der Waals surface area contributed by atoms with Crippen molar-refractivity contribution in [3.8, 4) is 0 Å². The third-order valence-corrected chi connectivity index (χ3v) is 3.89. The maximum Gasteiger partial charge on any atom is 0.255 e. The van der Waals surface area contributed by atoms with Gasteiger partial charge in [0.1, 0.15) is 11.9 Å². The van der Waals surface area contributed by atoms with E-state index in [2.05, 4.69) is 5.32 Å². The Morgan fingerprint density at radius 2 is 2.05 bits per heavy atom. The number of nitrogens with zero attached hydrogens (tertiary/aromatic N) is 1. The van der Waals surface area contributed by atoms with Gasteiger partial charge in [-0.1, -0.05) is 0 Å². The Kier molecular flexibility index (Phi) is 3.16. The van der Waals surface area contributed by atoms with Crippen LogP contribution in [-0.4, -0.2) is 34.6 Å². The Hall–Kier alpha value is -2.77. The van der Waals surface area contributed by atoms with Crippen molar-refractivity contribution in [2.75, 3.05) is 0 Å². The number of piperidine rings is 1. The number of amides is 4. The molecule has 8 heteroatoms. The van der Waals surface area contributed by atoms with Crippen LogP contribution in [0.25, 0.3) is 0 Å². The lowest BCUT2D eigenvalue weighted by Gasteiger charge is -2.29. The Morgan fingerprint density at radius 3 is 2.68 bits per heavy atom. The van der Waals surface area contributed by atoms with E-state index in [-0.39, 0.29) is 30.5 Å². The predicted molar refractivity (Wildman–Crippen MR) is 71.0 cm³/mol. The van der Waals surface area contributed by atoms with Crippen LogP contribution in [-0.2, 0) is 16.1 Å². The second-order valence-corrected chi connectivity index (χ2v) is 5.24. The molecule has 0 aliphatic carbocycles. The van der Waals surface area contributed by atoms with E-state index in [0.29, 0.717) is 5.56 Å². The van der Waals surface area contributed by atoms with E-state index >= 15 is 0 Å². The van der Waals surface area contributed by atoms with E-state index in [1.54, 1.807) is 0 Å². The molecular formula is C14H12FN3O4. The fourth-order valence-electron chi connectivity index (χ4n) is 2.85. The number of hydrogen-bond acceptors (Lipinski definition) is 4. The van der Waals surface area contributed by atoms with Crippen LogP contribution < -0.4 is 11.1 Å². The van der Waals surface area contributed by atoms with Crippen molar-refractivity contribution >= 4 is 23.6 Å². The highest BCUT2D eigenvalue weighted by molar-refractivity contribution is 6.07. The van der Waals surface area contributed by atoms with Crippen LogP contribution in [0.15, 0.2) is 12.1 Å². The van der Waals surface area contributed by atoms with E-state index in [1.165, 1.54) is 4.90 Å². The van der Waals surface area contributed by atoms with E-state index in [9.17, 15) is 23.6 Å². The summed E-state index contributed by atoms with van der Waals surface area (Å²) in [6.45, 7) is -0.0149. The normalized spacial score (nSPS) is 20.9.